The summed E-state index contributed by atoms with van der Waals surface area (Å²) in [6.45, 7) is 3.79. The van der Waals surface area contributed by atoms with Gasteiger partial charge in [0.05, 0.1) is 32.5 Å². The molecule has 36 heavy (non-hydrogen) atoms. The molecule has 0 aliphatic carbocycles. The smallest absolute Gasteiger partial charge is 0.115 e. The summed E-state index contributed by atoms with van der Waals surface area (Å²) >= 11 is 0. The van der Waals surface area contributed by atoms with Crippen LogP contribution in [0, 0.1) is 0 Å². The Morgan fingerprint density at radius 2 is 1.17 bits per heavy atom. The van der Waals surface area contributed by atoms with Gasteiger partial charge in [0.25, 0.3) is 0 Å². The van der Waals surface area contributed by atoms with Gasteiger partial charge in [0.1, 0.15) is 24.4 Å². The van der Waals surface area contributed by atoms with Crippen LogP contribution in [-0.4, -0.2) is 42.2 Å². The van der Waals surface area contributed by atoms with Crippen molar-refractivity contribution < 1.29 is 24.1 Å². The van der Waals surface area contributed by atoms with Gasteiger partial charge in [-0.3, -0.25) is 0 Å². The highest BCUT2D eigenvalue weighted by Crippen LogP contribution is 2.30. The molecule has 0 radical (unpaired) electrons. The summed E-state index contributed by atoms with van der Waals surface area (Å²) in [5, 5.41) is 11.4. The van der Waals surface area contributed by atoms with E-state index in [9.17, 15) is 5.11 Å². The van der Waals surface area contributed by atoms with Gasteiger partial charge in [0.2, 0.25) is 0 Å². The molecule has 3 aromatic rings. The Morgan fingerprint density at radius 3 is 1.69 bits per heavy atom. The zero-order valence-electron chi connectivity index (χ0n) is 21.1. The van der Waals surface area contributed by atoms with Gasteiger partial charge in [-0.15, -0.1) is 0 Å². The molecule has 1 aliphatic rings. The molecular formula is C31H38O5. The van der Waals surface area contributed by atoms with Gasteiger partial charge in [0.15, 0.2) is 0 Å². The van der Waals surface area contributed by atoms with Crippen LogP contribution in [0.1, 0.15) is 42.9 Å². The number of aliphatic hydroxyl groups is 1. The van der Waals surface area contributed by atoms with Gasteiger partial charge in [-0.25, -0.2) is 0 Å². The predicted octanol–water partition coefficient (Wildman–Crippen LogP) is 5.69. The van der Waals surface area contributed by atoms with Crippen LogP contribution >= 0.6 is 0 Å². The molecule has 0 bridgehead atoms. The summed E-state index contributed by atoms with van der Waals surface area (Å²) in [5.41, 5.74) is 3.22. The van der Waals surface area contributed by atoms with Crippen molar-refractivity contribution in [3.8, 4) is 0 Å². The quantitative estimate of drug-likeness (QED) is 0.333. The summed E-state index contributed by atoms with van der Waals surface area (Å²) in [6, 6.07) is 30.2. The van der Waals surface area contributed by atoms with Crippen molar-refractivity contribution in [2.75, 3.05) is 6.61 Å². The van der Waals surface area contributed by atoms with Crippen LogP contribution in [0.2, 0.25) is 0 Å². The Morgan fingerprint density at radius 1 is 0.667 bits per heavy atom. The molecule has 5 atom stereocenters. The third-order valence-electron chi connectivity index (χ3n) is 6.56. The van der Waals surface area contributed by atoms with Gasteiger partial charge in [-0.2, -0.15) is 0 Å². The normalized spacial score (nSPS) is 24.0. The maximum atomic E-state index is 11.4. The van der Waals surface area contributed by atoms with E-state index >= 15 is 0 Å². The Balaban J connectivity index is 1.51. The van der Waals surface area contributed by atoms with Gasteiger partial charge in [0, 0.05) is 0 Å². The molecule has 4 rings (SSSR count). The zero-order valence-corrected chi connectivity index (χ0v) is 21.1. The first-order chi connectivity index (χ1) is 17.7. The molecule has 0 unspecified atom stereocenters. The fraction of sp³-hybridized carbons (Fsp3) is 0.419. The first-order valence-electron chi connectivity index (χ1n) is 13.0. The van der Waals surface area contributed by atoms with Crippen molar-refractivity contribution in [2.24, 2.45) is 0 Å². The molecule has 5 nitrogen and oxygen atoms in total. The fourth-order valence-corrected chi connectivity index (χ4v) is 4.57. The first kappa shape index (κ1) is 26.5. The SMILES string of the molecule is CCCC[C@@H]1O[C@H](COCc2ccccc2)[C@@H](OCc2ccccc2)[C@H](OCc2ccccc2)[C@H]1O. The first-order valence-corrected chi connectivity index (χ1v) is 13.0. The monoisotopic (exact) mass is 490 g/mol. The number of ether oxygens (including phenoxy) is 4. The maximum Gasteiger partial charge on any atom is 0.115 e. The number of unbranched alkanes of at least 4 members (excludes halogenated alkanes) is 1. The van der Waals surface area contributed by atoms with Crippen LogP contribution in [0.25, 0.3) is 0 Å². The Kier molecular flexibility index (Phi) is 10.5. The highest BCUT2D eigenvalue weighted by atomic mass is 16.6. The Bertz CT molecular complexity index is 982. The summed E-state index contributed by atoms with van der Waals surface area (Å²) < 4.78 is 25.3. The molecule has 192 valence electrons. The molecule has 5 heteroatoms. The lowest BCUT2D eigenvalue weighted by Gasteiger charge is -2.44. The van der Waals surface area contributed by atoms with E-state index in [-0.39, 0.29) is 12.2 Å². The molecule has 0 spiro atoms. The highest BCUT2D eigenvalue weighted by Gasteiger charge is 2.46. The van der Waals surface area contributed by atoms with E-state index in [0.29, 0.717) is 26.4 Å². The van der Waals surface area contributed by atoms with Crippen LogP contribution in [-0.2, 0) is 38.8 Å². The van der Waals surface area contributed by atoms with Gasteiger partial charge < -0.3 is 24.1 Å². The molecule has 0 amide bonds. The molecule has 1 heterocycles. The summed E-state index contributed by atoms with van der Waals surface area (Å²) in [5.74, 6) is 0. The third-order valence-corrected chi connectivity index (χ3v) is 6.56. The second-order valence-corrected chi connectivity index (χ2v) is 9.37. The summed E-state index contributed by atoms with van der Waals surface area (Å²) in [4.78, 5) is 0. The van der Waals surface area contributed by atoms with Crippen LogP contribution in [0.5, 0.6) is 0 Å². The standard InChI is InChI=1S/C31H38O5/c1-2-3-19-27-29(32)31(35-22-26-17-11-6-12-18-26)30(34-21-25-15-9-5-10-16-25)28(36-27)23-33-20-24-13-7-4-8-14-24/h4-18,27-32H,2-3,19-23H2,1H3/t27-,28+,29-,30+,31+/m0/s1. The maximum absolute atomic E-state index is 11.4. The van der Waals surface area contributed by atoms with Crippen molar-refractivity contribution in [1.29, 1.82) is 0 Å². The molecule has 1 fully saturated rings. The number of hydrogen-bond donors (Lipinski definition) is 1. The molecule has 1 aliphatic heterocycles. The van der Waals surface area contributed by atoms with Crippen molar-refractivity contribution in [3.05, 3.63) is 108 Å². The lowest BCUT2D eigenvalue weighted by molar-refractivity contribution is -0.262. The van der Waals surface area contributed by atoms with E-state index in [1.807, 2.05) is 91.0 Å². The van der Waals surface area contributed by atoms with Crippen molar-refractivity contribution in [3.63, 3.8) is 0 Å². The van der Waals surface area contributed by atoms with E-state index in [0.717, 1.165) is 36.0 Å². The van der Waals surface area contributed by atoms with E-state index in [1.165, 1.54) is 0 Å². The number of aliphatic hydroxyl groups excluding tert-OH is 1. The molecule has 1 N–H and O–H groups in total. The average molecular weight is 491 g/mol. The topological polar surface area (TPSA) is 57.2 Å². The Hall–Kier alpha value is -2.54. The largest absolute Gasteiger partial charge is 0.388 e. The number of hydrogen-bond acceptors (Lipinski definition) is 5. The van der Waals surface area contributed by atoms with E-state index in [4.69, 9.17) is 18.9 Å². The van der Waals surface area contributed by atoms with Crippen LogP contribution in [0.3, 0.4) is 0 Å². The van der Waals surface area contributed by atoms with Gasteiger partial charge in [-0.05, 0) is 23.1 Å². The molecule has 1 saturated heterocycles. The van der Waals surface area contributed by atoms with Crippen LogP contribution in [0.4, 0.5) is 0 Å². The third kappa shape index (κ3) is 7.73. The van der Waals surface area contributed by atoms with E-state index < -0.39 is 18.3 Å². The summed E-state index contributed by atoms with van der Waals surface area (Å²) in [6.07, 6.45) is 0.296. The average Bonchev–Trinajstić information content (AvgIpc) is 2.93. The van der Waals surface area contributed by atoms with Gasteiger partial charge >= 0.3 is 0 Å². The van der Waals surface area contributed by atoms with E-state index in [1.54, 1.807) is 0 Å². The lowest BCUT2D eigenvalue weighted by Crippen LogP contribution is -2.60. The van der Waals surface area contributed by atoms with Crippen LogP contribution < -0.4 is 0 Å². The number of rotatable bonds is 13. The predicted molar refractivity (Wildman–Crippen MR) is 140 cm³/mol. The molecule has 0 aromatic heterocycles. The fourth-order valence-electron chi connectivity index (χ4n) is 4.57. The second-order valence-electron chi connectivity index (χ2n) is 9.37. The Labute approximate surface area is 215 Å². The van der Waals surface area contributed by atoms with Crippen molar-refractivity contribution >= 4 is 0 Å². The minimum absolute atomic E-state index is 0.326. The molecular weight excluding hydrogens is 452 g/mol. The second kappa shape index (κ2) is 14.3. The van der Waals surface area contributed by atoms with E-state index in [2.05, 4.69) is 6.92 Å². The van der Waals surface area contributed by atoms with Crippen molar-refractivity contribution in [1.82, 2.24) is 0 Å². The molecule has 0 saturated carbocycles. The lowest BCUT2D eigenvalue weighted by atomic mass is 9.92. The van der Waals surface area contributed by atoms with Gasteiger partial charge in [-0.1, -0.05) is 111 Å². The number of benzene rings is 3. The molecule has 3 aromatic carbocycles. The summed E-state index contributed by atoms with van der Waals surface area (Å²) in [7, 11) is 0. The minimum atomic E-state index is -0.786. The van der Waals surface area contributed by atoms with Crippen molar-refractivity contribution in [2.45, 2.75) is 76.5 Å². The highest BCUT2D eigenvalue weighted by molar-refractivity contribution is 5.15. The minimum Gasteiger partial charge on any atom is -0.388 e. The zero-order chi connectivity index (χ0) is 25.0. The van der Waals surface area contributed by atoms with Crippen LogP contribution in [0.15, 0.2) is 91.0 Å².